The maximum absolute atomic E-state index is 11.8. The van der Waals surface area contributed by atoms with Crippen molar-refractivity contribution in [3.8, 4) is 0 Å². The highest BCUT2D eigenvalue weighted by Crippen LogP contribution is 2.25. The summed E-state index contributed by atoms with van der Waals surface area (Å²) >= 11 is 11.5. The van der Waals surface area contributed by atoms with Crippen LogP contribution in [0.5, 0.6) is 0 Å². The van der Waals surface area contributed by atoms with E-state index in [2.05, 4.69) is 0 Å². The third kappa shape index (κ3) is 3.63. The summed E-state index contributed by atoms with van der Waals surface area (Å²) in [6.45, 7) is 0.497. The average molecular weight is 282 g/mol. The zero-order valence-electron chi connectivity index (χ0n) is 8.62. The minimum absolute atomic E-state index is 0.0855. The molecule has 16 heavy (non-hydrogen) atoms. The molecule has 0 spiro atoms. The fourth-order valence-electron chi connectivity index (χ4n) is 1.22. The summed E-state index contributed by atoms with van der Waals surface area (Å²) in [6.07, 6.45) is 1.25. The van der Waals surface area contributed by atoms with Crippen LogP contribution in [0, 0.1) is 0 Å². The molecule has 0 bridgehead atoms. The molecule has 1 aromatic rings. The smallest absolute Gasteiger partial charge is 0.178 e. The summed E-state index contributed by atoms with van der Waals surface area (Å²) in [6, 6.07) is 4.33. The Kier molecular flexibility index (Phi) is 5.05. The molecule has 2 N–H and O–H groups in total. The summed E-state index contributed by atoms with van der Waals surface area (Å²) in [4.78, 5) is 0.207. The summed E-state index contributed by atoms with van der Waals surface area (Å²) in [5.41, 5.74) is 5.31. The lowest BCUT2D eigenvalue weighted by molar-refractivity contribution is 0.592. The Morgan fingerprint density at radius 3 is 2.38 bits per heavy atom. The molecule has 0 amide bonds. The Morgan fingerprint density at radius 1 is 1.12 bits per heavy atom. The van der Waals surface area contributed by atoms with Crippen molar-refractivity contribution in [1.82, 2.24) is 0 Å². The highest BCUT2D eigenvalue weighted by molar-refractivity contribution is 7.91. The van der Waals surface area contributed by atoms with E-state index in [-0.39, 0.29) is 15.7 Å². The molecule has 0 radical (unpaired) electrons. The molecule has 0 aliphatic carbocycles. The van der Waals surface area contributed by atoms with E-state index in [0.29, 0.717) is 24.4 Å². The van der Waals surface area contributed by atoms with Crippen LogP contribution >= 0.6 is 23.2 Å². The minimum Gasteiger partial charge on any atom is -0.330 e. The van der Waals surface area contributed by atoms with E-state index in [1.807, 2.05) is 0 Å². The number of unbranched alkanes of at least 4 members (excludes halogenated alkanes) is 1. The van der Waals surface area contributed by atoms with Gasteiger partial charge < -0.3 is 5.73 Å². The van der Waals surface area contributed by atoms with Crippen molar-refractivity contribution in [2.75, 3.05) is 12.3 Å². The van der Waals surface area contributed by atoms with Gasteiger partial charge in [0.15, 0.2) is 9.84 Å². The quantitative estimate of drug-likeness (QED) is 0.844. The number of rotatable bonds is 5. The van der Waals surface area contributed by atoms with Gasteiger partial charge >= 0.3 is 0 Å². The van der Waals surface area contributed by atoms with Crippen LogP contribution in [0.2, 0.25) is 10.0 Å². The van der Waals surface area contributed by atoms with Gasteiger partial charge in [-0.15, -0.1) is 0 Å². The van der Waals surface area contributed by atoms with Gasteiger partial charge in [-0.2, -0.15) is 0 Å². The Hall–Kier alpha value is -0.290. The second-order valence-corrected chi connectivity index (χ2v) is 6.31. The van der Waals surface area contributed by atoms with Crippen LogP contribution in [0.25, 0.3) is 0 Å². The van der Waals surface area contributed by atoms with Crippen molar-refractivity contribution < 1.29 is 8.42 Å². The number of hydrogen-bond acceptors (Lipinski definition) is 3. The first-order chi connectivity index (χ1) is 7.47. The molecule has 90 valence electrons. The van der Waals surface area contributed by atoms with Gasteiger partial charge in [0.25, 0.3) is 0 Å². The standard InChI is InChI=1S/C10H13Cl2NO2S/c11-9-4-3-8(7-10(9)12)16(14,15)6-2-1-5-13/h3-4,7H,1-2,5-6,13H2. The zero-order valence-corrected chi connectivity index (χ0v) is 10.9. The predicted molar refractivity (Wildman–Crippen MR) is 66.8 cm³/mol. The lowest BCUT2D eigenvalue weighted by Crippen LogP contribution is -2.09. The van der Waals surface area contributed by atoms with Crippen LogP contribution in [-0.4, -0.2) is 20.7 Å². The van der Waals surface area contributed by atoms with Gasteiger partial charge in [0.1, 0.15) is 0 Å². The van der Waals surface area contributed by atoms with Crippen LogP contribution < -0.4 is 5.73 Å². The number of nitrogens with two attached hydrogens (primary N) is 1. The number of hydrogen-bond donors (Lipinski definition) is 1. The van der Waals surface area contributed by atoms with Gasteiger partial charge in [0, 0.05) is 0 Å². The van der Waals surface area contributed by atoms with E-state index < -0.39 is 9.84 Å². The van der Waals surface area contributed by atoms with E-state index in [1.54, 1.807) is 0 Å². The second kappa shape index (κ2) is 5.87. The topological polar surface area (TPSA) is 60.2 Å². The molecule has 6 heteroatoms. The molecular weight excluding hydrogens is 269 g/mol. The molecule has 0 aromatic heterocycles. The van der Waals surface area contributed by atoms with E-state index in [4.69, 9.17) is 28.9 Å². The average Bonchev–Trinajstić information content (AvgIpc) is 2.22. The number of benzene rings is 1. The molecule has 0 aliphatic heterocycles. The van der Waals surface area contributed by atoms with Gasteiger partial charge in [-0.25, -0.2) is 8.42 Å². The van der Waals surface area contributed by atoms with Crippen LogP contribution in [0.15, 0.2) is 23.1 Å². The van der Waals surface area contributed by atoms with E-state index in [1.165, 1.54) is 18.2 Å². The fourth-order valence-corrected chi connectivity index (χ4v) is 2.98. The highest BCUT2D eigenvalue weighted by Gasteiger charge is 2.14. The molecule has 0 atom stereocenters. The van der Waals surface area contributed by atoms with Crippen molar-refractivity contribution in [3.63, 3.8) is 0 Å². The SMILES string of the molecule is NCCCCS(=O)(=O)c1ccc(Cl)c(Cl)c1. The Labute approximate surface area is 105 Å². The molecule has 1 rings (SSSR count). The van der Waals surface area contributed by atoms with E-state index in [9.17, 15) is 8.42 Å². The van der Waals surface area contributed by atoms with Gasteiger partial charge in [-0.3, -0.25) is 0 Å². The summed E-state index contributed by atoms with van der Waals surface area (Å²) in [7, 11) is -3.27. The summed E-state index contributed by atoms with van der Waals surface area (Å²) in [5.74, 6) is 0.0855. The number of halogens is 2. The summed E-state index contributed by atoms with van der Waals surface area (Å²) < 4.78 is 23.7. The highest BCUT2D eigenvalue weighted by atomic mass is 35.5. The van der Waals surface area contributed by atoms with Crippen molar-refractivity contribution in [1.29, 1.82) is 0 Å². The Balaban J connectivity index is 2.86. The lowest BCUT2D eigenvalue weighted by Gasteiger charge is -2.05. The van der Waals surface area contributed by atoms with Gasteiger partial charge in [0.05, 0.1) is 20.7 Å². The van der Waals surface area contributed by atoms with E-state index in [0.717, 1.165) is 0 Å². The monoisotopic (exact) mass is 281 g/mol. The first-order valence-electron chi connectivity index (χ1n) is 4.85. The maximum atomic E-state index is 11.8. The van der Waals surface area contributed by atoms with Crippen LogP contribution in [-0.2, 0) is 9.84 Å². The van der Waals surface area contributed by atoms with Crippen molar-refractivity contribution in [3.05, 3.63) is 28.2 Å². The van der Waals surface area contributed by atoms with Gasteiger partial charge in [-0.05, 0) is 37.6 Å². The molecule has 0 fully saturated rings. The molecule has 0 heterocycles. The van der Waals surface area contributed by atoms with Crippen molar-refractivity contribution in [2.24, 2.45) is 5.73 Å². The normalized spacial score (nSPS) is 11.7. The first kappa shape index (κ1) is 13.8. The number of sulfone groups is 1. The molecule has 3 nitrogen and oxygen atoms in total. The van der Waals surface area contributed by atoms with Gasteiger partial charge in [-0.1, -0.05) is 23.2 Å². The molecule has 0 unspecified atom stereocenters. The largest absolute Gasteiger partial charge is 0.330 e. The Morgan fingerprint density at radius 2 is 1.81 bits per heavy atom. The zero-order chi connectivity index (χ0) is 12.2. The van der Waals surface area contributed by atoms with Crippen LogP contribution in [0.1, 0.15) is 12.8 Å². The molecular formula is C10H13Cl2NO2S. The minimum atomic E-state index is -3.27. The lowest BCUT2D eigenvalue weighted by atomic mass is 10.3. The third-order valence-corrected chi connectivity index (χ3v) is 4.65. The molecule has 0 saturated carbocycles. The maximum Gasteiger partial charge on any atom is 0.178 e. The second-order valence-electron chi connectivity index (χ2n) is 3.39. The predicted octanol–water partition coefficient (Wildman–Crippen LogP) is 2.51. The molecule has 0 aliphatic rings. The third-order valence-electron chi connectivity index (χ3n) is 2.12. The van der Waals surface area contributed by atoms with Crippen LogP contribution in [0.3, 0.4) is 0 Å². The first-order valence-corrected chi connectivity index (χ1v) is 7.26. The van der Waals surface area contributed by atoms with Crippen LogP contribution in [0.4, 0.5) is 0 Å². The van der Waals surface area contributed by atoms with E-state index >= 15 is 0 Å². The van der Waals surface area contributed by atoms with Crippen molar-refractivity contribution >= 4 is 33.0 Å². The fraction of sp³-hybridized carbons (Fsp3) is 0.400. The summed E-state index contributed by atoms with van der Waals surface area (Å²) in [5, 5.41) is 0.601. The Bertz CT molecular complexity index is 460. The molecule has 0 saturated heterocycles. The molecule has 1 aromatic carbocycles. The van der Waals surface area contributed by atoms with Gasteiger partial charge in [0.2, 0.25) is 0 Å². The van der Waals surface area contributed by atoms with Crippen molar-refractivity contribution in [2.45, 2.75) is 17.7 Å².